The molecule has 0 saturated carbocycles. The summed E-state index contributed by atoms with van der Waals surface area (Å²) in [5, 5.41) is 3.21. The van der Waals surface area contributed by atoms with E-state index in [4.69, 9.17) is 5.73 Å². The van der Waals surface area contributed by atoms with E-state index in [0.717, 1.165) is 41.5 Å². The minimum atomic E-state index is -0.714. The van der Waals surface area contributed by atoms with Crippen LogP contribution in [0.1, 0.15) is 64.7 Å². The van der Waals surface area contributed by atoms with Crippen LogP contribution in [0, 0.1) is 23.5 Å². The van der Waals surface area contributed by atoms with Gasteiger partial charge in [0.25, 0.3) is 5.91 Å². The Bertz CT molecular complexity index is 1620. The van der Waals surface area contributed by atoms with Crippen LogP contribution >= 0.6 is 0 Å². The highest BCUT2D eigenvalue weighted by Crippen LogP contribution is 2.40. The van der Waals surface area contributed by atoms with Gasteiger partial charge >= 0.3 is 6.03 Å². The Hall–Kier alpha value is -4.53. The van der Waals surface area contributed by atoms with Crippen molar-refractivity contribution in [1.82, 2.24) is 10.3 Å². The molecule has 3 aromatic rings. The van der Waals surface area contributed by atoms with Gasteiger partial charge in [-0.2, -0.15) is 0 Å². The summed E-state index contributed by atoms with van der Waals surface area (Å²) in [4.78, 5) is 40.5. The average molecular weight is 561 g/mol. The van der Waals surface area contributed by atoms with Gasteiger partial charge < -0.3 is 16.0 Å². The number of anilines is 1. The predicted octanol–water partition coefficient (Wildman–Crippen LogP) is 6.44. The number of H-pyrrole nitrogens is 1. The number of nitrogens with zero attached hydrogens (tertiary/aromatic N) is 1. The number of halogens is 2. The van der Waals surface area contributed by atoms with Gasteiger partial charge in [-0.1, -0.05) is 38.6 Å². The van der Waals surface area contributed by atoms with Gasteiger partial charge in [-0.25, -0.2) is 13.6 Å². The lowest BCUT2D eigenvalue weighted by atomic mass is 9.80. The van der Waals surface area contributed by atoms with Crippen LogP contribution in [-0.4, -0.2) is 30.3 Å². The number of urea groups is 1. The molecule has 4 rings (SSSR count). The van der Waals surface area contributed by atoms with Crippen LogP contribution in [0.4, 0.5) is 19.3 Å². The van der Waals surface area contributed by atoms with Crippen molar-refractivity contribution >= 4 is 40.4 Å². The smallest absolute Gasteiger partial charge is 0.326 e. The van der Waals surface area contributed by atoms with Crippen LogP contribution in [0.2, 0.25) is 0 Å². The Kier molecular flexibility index (Phi) is 8.56. The van der Waals surface area contributed by atoms with Gasteiger partial charge in [0.1, 0.15) is 11.6 Å². The highest BCUT2D eigenvalue weighted by atomic mass is 19.1. The number of allylic oxidation sites excluding steroid dienone is 4. The molecule has 0 spiro atoms. The summed E-state index contributed by atoms with van der Waals surface area (Å²) >= 11 is 0. The molecule has 1 aliphatic carbocycles. The molecule has 1 aliphatic rings. The minimum absolute atomic E-state index is 0.0322. The lowest BCUT2D eigenvalue weighted by Gasteiger charge is -2.25. The third-order valence-electron chi connectivity index (χ3n) is 7.75. The molecule has 2 aromatic carbocycles. The number of nitrogens with one attached hydrogen (secondary N) is 2. The van der Waals surface area contributed by atoms with Crippen molar-refractivity contribution in [2.75, 3.05) is 11.9 Å². The third kappa shape index (κ3) is 5.84. The Morgan fingerprint density at radius 2 is 1.98 bits per heavy atom. The molecule has 1 unspecified atom stereocenters. The van der Waals surface area contributed by atoms with Gasteiger partial charge in [0, 0.05) is 35.0 Å². The fraction of sp³-hybridized carbons (Fsp3) is 0.281. The Morgan fingerprint density at radius 1 is 1.24 bits per heavy atom. The van der Waals surface area contributed by atoms with Crippen LogP contribution in [0.5, 0.6) is 0 Å². The molecule has 0 aliphatic heterocycles. The topological polar surface area (TPSA) is 108 Å². The zero-order valence-corrected chi connectivity index (χ0v) is 23.6. The molecule has 0 saturated heterocycles. The Labute approximate surface area is 237 Å². The number of aromatic amines is 1. The van der Waals surface area contributed by atoms with Gasteiger partial charge in [-0.15, -0.1) is 0 Å². The number of benzene rings is 2. The number of primary amides is 1. The van der Waals surface area contributed by atoms with Gasteiger partial charge in [0.05, 0.1) is 16.8 Å². The Morgan fingerprint density at radius 3 is 2.63 bits per heavy atom. The Balaban J connectivity index is 1.60. The van der Waals surface area contributed by atoms with E-state index < -0.39 is 23.6 Å². The van der Waals surface area contributed by atoms with E-state index in [1.54, 1.807) is 19.1 Å². The molecule has 3 amide bonds. The van der Waals surface area contributed by atoms with Crippen LogP contribution in [0.15, 0.2) is 54.8 Å². The second-order valence-electron chi connectivity index (χ2n) is 10.7. The van der Waals surface area contributed by atoms with Crippen molar-refractivity contribution in [2.24, 2.45) is 17.6 Å². The summed E-state index contributed by atoms with van der Waals surface area (Å²) < 4.78 is 29.8. The molecule has 0 radical (unpaired) electrons. The maximum atomic E-state index is 15.5. The predicted molar refractivity (Wildman–Crippen MR) is 158 cm³/mol. The maximum absolute atomic E-state index is 15.5. The van der Waals surface area contributed by atoms with Gasteiger partial charge in [-0.05, 0) is 73.4 Å². The molecule has 9 heteroatoms. The van der Waals surface area contributed by atoms with Gasteiger partial charge in [-0.3, -0.25) is 14.5 Å². The summed E-state index contributed by atoms with van der Waals surface area (Å²) in [5.41, 5.74) is 9.35. The van der Waals surface area contributed by atoms with Crippen LogP contribution in [0.25, 0.3) is 16.5 Å². The van der Waals surface area contributed by atoms with Crippen molar-refractivity contribution in [3.8, 4) is 0 Å². The number of carbonyl (C=O) groups is 3. The van der Waals surface area contributed by atoms with Crippen molar-refractivity contribution in [3.63, 3.8) is 0 Å². The lowest BCUT2D eigenvalue weighted by Crippen LogP contribution is -2.37. The number of para-hydroxylation sites is 1. The number of hydrogen-bond donors (Lipinski definition) is 3. The van der Waals surface area contributed by atoms with Crippen LogP contribution in [0.3, 0.4) is 0 Å². The first-order valence-corrected chi connectivity index (χ1v) is 13.4. The zero-order chi connectivity index (χ0) is 30.0. The molecule has 1 atom stereocenters. The summed E-state index contributed by atoms with van der Waals surface area (Å²) in [5.74, 6) is -0.974. The van der Waals surface area contributed by atoms with E-state index in [1.165, 1.54) is 31.3 Å². The van der Waals surface area contributed by atoms with E-state index in [1.807, 2.05) is 0 Å². The molecule has 7 nitrogen and oxygen atoms in total. The summed E-state index contributed by atoms with van der Waals surface area (Å²) in [6.45, 7) is 9.95. The van der Waals surface area contributed by atoms with E-state index in [-0.39, 0.29) is 22.5 Å². The molecule has 214 valence electrons. The second-order valence-corrected chi connectivity index (χ2v) is 10.7. The number of aryl methyl sites for hydroxylation is 1. The second kappa shape index (κ2) is 11.9. The number of rotatable bonds is 8. The first-order valence-electron chi connectivity index (χ1n) is 13.4. The van der Waals surface area contributed by atoms with Gasteiger partial charge in [0.15, 0.2) is 6.29 Å². The van der Waals surface area contributed by atoms with E-state index in [9.17, 15) is 18.8 Å². The number of nitrogens with two attached hydrogens (primary N) is 1. The molecule has 1 heterocycles. The molecule has 41 heavy (non-hydrogen) atoms. The quantitative estimate of drug-likeness (QED) is 0.218. The van der Waals surface area contributed by atoms with Crippen molar-refractivity contribution in [2.45, 2.75) is 40.0 Å². The number of carbonyl (C=O) groups excluding carboxylic acids is 3. The summed E-state index contributed by atoms with van der Waals surface area (Å²) in [7, 11) is 1.34. The molecule has 0 bridgehead atoms. The number of aldehydes is 1. The van der Waals surface area contributed by atoms with E-state index in [2.05, 4.69) is 30.7 Å². The fourth-order valence-corrected chi connectivity index (χ4v) is 5.49. The number of fused-ring (bicyclic) bond motifs is 3. The first-order chi connectivity index (χ1) is 19.4. The number of hydrogen-bond acceptors (Lipinski definition) is 3. The van der Waals surface area contributed by atoms with E-state index in [0.29, 0.717) is 40.2 Å². The third-order valence-corrected chi connectivity index (χ3v) is 7.75. The van der Waals surface area contributed by atoms with Crippen molar-refractivity contribution in [1.29, 1.82) is 0 Å². The molecule has 0 fully saturated rings. The normalized spacial score (nSPS) is 15.3. The van der Waals surface area contributed by atoms with Crippen LogP contribution < -0.4 is 16.0 Å². The maximum Gasteiger partial charge on any atom is 0.326 e. The lowest BCUT2D eigenvalue weighted by molar-refractivity contribution is 0.100. The first kappa shape index (κ1) is 29.5. The number of amides is 3. The highest BCUT2D eigenvalue weighted by Gasteiger charge is 2.28. The largest absolute Gasteiger partial charge is 0.366 e. The molecule has 1 aromatic heterocycles. The van der Waals surface area contributed by atoms with E-state index >= 15 is 4.39 Å². The SMILES string of the molecule is C=C(/C=C\C=C(/C)c1c(F)cc(C(N)=O)c2[nH]c3c(c12)CCC(C(C)C)C3)NC(=O)N(C)c1c(F)cccc1C=O. The van der Waals surface area contributed by atoms with Crippen molar-refractivity contribution in [3.05, 3.63) is 94.4 Å². The minimum Gasteiger partial charge on any atom is -0.366 e. The summed E-state index contributed by atoms with van der Waals surface area (Å²) in [6, 6.07) is 4.43. The highest BCUT2D eigenvalue weighted by molar-refractivity contribution is 6.09. The summed E-state index contributed by atoms with van der Waals surface area (Å²) in [6.07, 6.45) is 7.84. The molecule has 4 N–H and O–H groups in total. The van der Waals surface area contributed by atoms with Crippen molar-refractivity contribution < 1.29 is 23.2 Å². The average Bonchev–Trinajstić information content (AvgIpc) is 3.30. The van der Waals surface area contributed by atoms with Crippen LogP contribution in [-0.2, 0) is 12.8 Å². The van der Waals surface area contributed by atoms with Gasteiger partial charge in [0.2, 0.25) is 0 Å². The molecular formula is C32H34F2N4O3. The standard InChI is InChI=1S/C32H34F2N4O3/c1-17(2)20-12-13-22-26(14-20)37-29-23(31(35)40)15-25(34)27(28(22)29)18(3)8-6-9-19(4)36-32(41)38(5)30-21(16-39)10-7-11-24(30)33/h6-11,15-17,20,37H,4,12-14H2,1-3,5H3,(H2,35,40)(H,36,41)/b9-6-,18-8+. The monoisotopic (exact) mass is 560 g/mol. The molecular weight excluding hydrogens is 526 g/mol. The fourth-order valence-electron chi connectivity index (χ4n) is 5.49. The number of aromatic nitrogens is 1. The zero-order valence-electron chi connectivity index (χ0n) is 23.6.